The molecule has 2 aliphatic heterocycles. The zero-order chi connectivity index (χ0) is 21.0. The Hall–Kier alpha value is -2.42. The van der Waals surface area contributed by atoms with Gasteiger partial charge in [-0.2, -0.15) is 0 Å². The molecule has 29 heavy (non-hydrogen) atoms. The van der Waals surface area contributed by atoms with Gasteiger partial charge < -0.3 is 9.64 Å². The van der Waals surface area contributed by atoms with Crippen molar-refractivity contribution in [1.29, 1.82) is 0 Å². The molecule has 0 aromatic heterocycles. The molecule has 0 radical (unpaired) electrons. The maximum absolute atomic E-state index is 13.1. The van der Waals surface area contributed by atoms with Crippen molar-refractivity contribution in [2.75, 3.05) is 20.2 Å². The zero-order valence-corrected chi connectivity index (χ0v) is 17.6. The van der Waals surface area contributed by atoms with Crippen molar-refractivity contribution in [3.05, 3.63) is 29.8 Å². The standard InChI is InChI=1S/C20H27N3O5S/c1-3-4-8-16(19(24)23-12-10-14(11-13-23)20(25)28-2)21-18-15-7-5-6-9-17(15)29(26,27)22-18/h5-7,9,14,16H,3-4,8,10-13H2,1-2H3,(H,21,22). The van der Waals surface area contributed by atoms with Crippen LogP contribution < -0.4 is 4.72 Å². The van der Waals surface area contributed by atoms with Crippen molar-refractivity contribution >= 4 is 27.7 Å². The number of benzene rings is 1. The van der Waals surface area contributed by atoms with Gasteiger partial charge >= 0.3 is 5.97 Å². The predicted molar refractivity (Wildman–Crippen MR) is 108 cm³/mol. The van der Waals surface area contributed by atoms with Crippen LogP contribution in [0.3, 0.4) is 0 Å². The number of unbranched alkanes of at least 4 members (excludes halogenated alkanes) is 1. The largest absolute Gasteiger partial charge is 0.469 e. The van der Waals surface area contributed by atoms with E-state index in [4.69, 9.17) is 4.74 Å². The quantitative estimate of drug-likeness (QED) is 0.704. The number of amidine groups is 1. The Bertz CT molecular complexity index is 904. The molecule has 0 saturated carbocycles. The van der Waals surface area contributed by atoms with E-state index in [2.05, 4.69) is 9.71 Å². The van der Waals surface area contributed by atoms with Crippen LogP contribution in [0.25, 0.3) is 0 Å². The van der Waals surface area contributed by atoms with Crippen LogP contribution in [-0.2, 0) is 24.3 Å². The van der Waals surface area contributed by atoms with Crippen LogP contribution in [0.5, 0.6) is 0 Å². The van der Waals surface area contributed by atoms with E-state index < -0.39 is 16.1 Å². The average Bonchev–Trinajstić information content (AvgIpc) is 3.00. The van der Waals surface area contributed by atoms with Crippen molar-refractivity contribution in [1.82, 2.24) is 9.62 Å². The van der Waals surface area contributed by atoms with E-state index in [0.29, 0.717) is 37.9 Å². The number of fused-ring (bicyclic) bond motifs is 1. The highest BCUT2D eigenvalue weighted by atomic mass is 32.2. The molecule has 158 valence electrons. The number of esters is 1. The van der Waals surface area contributed by atoms with Crippen LogP contribution in [0.2, 0.25) is 0 Å². The number of nitrogens with one attached hydrogen (secondary N) is 1. The van der Waals surface area contributed by atoms with E-state index in [-0.39, 0.29) is 28.5 Å². The first-order valence-electron chi connectivity index (χ1n) is 9.94. The molecule has 1 N–H and O–H groups in total. The summed E-state index contributed by atoms with van der Waals surface area (Å²) in [6.07, 6.45) is 3.37. The second-order valence-corrected chi connectivity index (χ2v) is 9.01. The molecule has 8 nitrogen and oxygen atoms in total. The topological polar surface area (TPSA) is 105 Å². The third-order valence-corrected chi connectivity index (χ3v) is 6.80. The van der Waals surface area contributed by atoms with Gasteiger partial charge in [-0.05, 0) is 31.4 Å². The highest BCUT2D eigenvalue weighted by Crippen LogP contribution is 2.25. The average molecular weight is 422 g/mol. The smallest absolute Gasteiger partial charge is 0.308 e. The normalized spacial score (nSPS) is 20.8. The lowest BCUT2D eigenvalue weighted by Gasteiger charge is -2.32. The zero-order valence-electron chi connectivity index (χ0n) is 16.8. The highest BCUT2D eigenvalue weighted by Gasteiger charge is 2.34. The Kier molecular flexibility index (Phi) is 6.56. The number of sulfonamides is 1. The molecular weight excluding hydrogens is 394 g/mol. The van der Waals surface area contributed by atoms with E-state index in [1.165, 1.54) is 13.2 Å². The second kappa shape index (κ2) is 8.94. The molecule has 2 heterocycles. The number of carbonyl (C=O) groups is 2. The highest BCUT2D eigenvalue weighted by molar-refractivity contribution is 7.90. The van der Waals surface area contributed by atoms with Crippen molar-refractivity contribution in [3.8, 4) is 0 Å². The molecule has 1 amide bonds. The van der Waals surface area contributed by atoms with Gasteiger partial charge in [-0.25, -0.2) is 8.42 Å². The van der Waals surface area contributed by atoms with Crippen LogP contribution in [0, 0.1) is 5.92 Å². The van der Waals surface area contributed by atoms with E-state index in [1.54, 1.807) is 23.1 Å². The van der Waals surface area contributed by atoms with Gasteiger partial charge in [-0.3, -0.25) is 19.3 Å². The number of aliphatic imine (C=N–C) groups is 1. The van der Waals surface area contributed by atoms with Crippen molar-refractivity contribution in [2.24, 2.45) is 10.9 Å². The van der Waals surface area contributed by atoms with Gasteiger partial charge in [0.15, 0.2) is 0 Å². The van der Waals surface area contributed by atoms with Gasteiger partial charge in [0, 0.05) is 18.7 Å². The summed E-state index contributed by atoms with van der Waals surface area (Å²) in [5, 5.41) is 0. The number of ether oxygens (including phenoxy) is 1. The van der Waals surface area contributed by atoms with E-state index in [9.17, 15) is 18.0 Å². The molecule has 1 fully saturated rings. The Morgan fingerprint density at radius 2 is 1.97 bits per heavy atom. The lowest BCUT2D eigenvalue weighted by molar-refractivity contribution is -0.149. The molecule has 1 saturated heterocycles. The minimum atomic E-state index is -3.65. The summed E-state index contributed by atoms with van der Waals surface area (Å²) in [5.74, 6) is -0.327. The summed E-state index contributed by atoms with van der Waals surface area (Å²) in [6, 6.07) is 5.97. The van der Waals surface area contributed by atoms with Crippen LogP contribution in [-0.4, -0.2) is 57.3 Å². The third-order valence-electron chi connectivity index (χ3n) is 5.40. The Labute approximate surface area is 171 Å². The van der Waals surface area contributed by atoms with Crippen LogP contribution >= 0.6 is 0 Å². The molecule has 1 aromatic carbocycles. The minimum Gasteiger partial charge on any atom is -0.469 e. The van der Waals surface area contributed by atoms with Crippen LogP contribution in [0.1, 0.15) is 44.6 Å². The number of hydrogen-bond donors (Lipinski definition) is 1. The Morgan fingerprint density at radius 3 is 2.62 bits per heavy atom. The third kappa shape index (κ3) is 4.60. The maximum Gasteiger partial charge on any atom is 0.308 e. The fourth-order valence-electron chi connectivity index (χ4n) is 3.74. The second-order valence-electron chi connectivity index (χ2n) is 7.36. The molecule has 3 rings (SSSR count). The van der Waals surface area contributed by atoms with Gasteiger partial charge in [-0.1, -0.05) is 31.9 Å². The van der Waals surface area contributed by atoms with Crippen molar-refractivity contribution < 1.29 is 22.7 Å². The van der Waals surface area contributed by atoms with E-state index in [1.807, 2.05) is 6.92 Å². The molecular formula is C20H27N3O5S. The first-order chi connectivity index (χ1) is 13.9. The molecule has 1 unspecified atom stereocenters. The SMILES string of the molecule is CCCCC(N=C1NS(=O)(=O)c2ccccc21)C(=O)N1CCC(C(=O)OC)CC1. The molecule has 2 aliphatic rings. The first-order valence-corrected chi connectivity index (χ1v) is 11.4. The number of amides is 1. The van der Waals surface area contributed by atoms with Crippen molar-refractivity contribution in [2.45, 2.75) is 50.0 Å². The minimum absolute atomic E-state index is 0.127. The number of nitrogens with zero attached hydrogens (tertiary/aromatic N) is 2. The summed E-state index contributed by atoms with van der Waals surface area (Å²) in [5.41, 5.74) is 0.492. The maximum atomic E-state index is 13.1. The summed E-state index contributed by atoms with van der Waals surface area (Å²) >= 11 is 0. The molecule has 9 heteroatoms. The number of methoxy groups -OCH3 is 1. The fraction of sp³-hybridized carbons (Fsp3) is 0.550. The summed E-state index contributed by atoms with van der Waals surface area (Å²) < 4.78 is 31.9. The van der Waals surface area contributed by atoms with E-state index in [0.717, 1.165) is 12.8 Å². The molecule has 0 aliphatic carbocycles. The Balaban J connectivity index is 1.80. The number of rotatable bonds is 6. The number of likely N-dealkylation sites (tertiary alicyclic amines) is 1. The Morgan fingerprint density at radius 1 is 1.28 bits per heavy atom. The monoisotopic (exact) mass is 421 g/mol. The van der Waals surface area contributed by atoms with Crippen LogP contribution in [0.15, 0.2) is 34.2 Å². The fourth-order valence-corrected chi connectivity index (χ4v) is 4.98. The van der Waals surface area contributed by atoms with Gasteiger partial charge in [0.05, 0.1) is 17.9 Å². The number of hydrogen-bond acceptors (Lipinski definition) is 6. The number of piperidine rings is 1. The number of carbonyl (C=O) groups excluding carboxylic acids is 2. The van der Waals surface area contributed by atoms with Crippen molar-refractivity contribution in [3.63, 3.8) is 0 Å². The molecule has 1 atom stereocenters. The molecule has 1 aromatic rings. The molecule has 0 bridgehead atoms. The van der Waals surface area contributed by atoms with Crippen LogP contribution in [0.4, 0.5) is 0 Å². The van der Waals surface area contributed by atoms with Gasteiger partial charge in [0.2, 0.25) is 5.91 Å². The summed E-state index contributed by atoms with van der Waals surface area (Å²) in [6.45, 7) is 2.97. The first kappa shape index (κ1) is 21.3. The van der Waals surface area contributed by atoms with Gasteiger partial charge in [0.1, 0.15) is 11.9 Å². The lowest BCUT2D eigenvalue weighted by Crippen LogP contribution is -2.45. The summed E-state index contributed by atoms with van der Waals surface area (Å²) in [7, 11) is -2.28. The lowest BCUT2D eigenvalue weighted by atomic mass is 9.96. The van der Waals surface area contributed by atoms with Gasteiger partial charge in [-0.15, -0.1) is 0 Å². The summed E-state index contributed by atoms with van der Waals surface area (Å²) in [4.78, 5) is 31.3. The van der Waals surface area contributed by atoms with E-state index >= 15 is 0 Å². The predicted octanol–water partition coefficient (Wildman–Crippen LogP) is 1.70. The molecule has 0 spiro atoms. The van der Waals surface area contributed by atoms with Gasteiger partial charge in [0.25, 0.3) is 10.0 Å².